The van der Waals surface area contributed by atoms with E-state index in [2.05, 4.69) is 5.32 Å². The monoisotopic (exact) mass is 449 g/mol. The molecule has 2 aromatic carbocycles. The molecule has 0 spiro atoms. The number of nitrogens with one attached hydrogen (secondary N) is 1. The number of nitrogens with zero attached hydrogens (tertiary/aromatic N) is 2. The van der Waals surface area contributed by atoms with Crippen LogP contribution in [0.2, 0.25) is 0 Å². The average Bonchev–Trinajstić information content (AvgIpc) is 3.29. The number of benzene rings is 2. The quantitative estimate of drug-likeness (QED) is 0.627. The molecule has 0 saturated carbocycles. The summed E-state index contributed by atoms with van der Waals surface area (Å²) in [4.78, 5) is 42.9. The molecular formula is C26H31N3O4. The highest BCUT2D eigenvalue weighted by atomic mass is 16.5. The maximum atomic E-state index is 13.5. The molecule has 0 radical (unpaired) electrons. The molecule has 1 saturated heterocycles. The van der Waals surface area contributed by atoms with Crippen LogP contribution in [0.25, 0.3) is 0 Å². The number of carbonyl (C=O) groups is 3. The standard InChI is InChI=1S/C26H31N3O4/c1-18(2)33-16-8-14-27-24(30)20-10-4-3-9-19(20)17-29-22-12-6-5-11-21(22)25(31)28-15-7-13-23(28)26(29)32/h3-6,9-12,18,23H,7-8,13-17H2,1-2H3,(H,27,30). The van der Waals surface area contributed by atoms with Gasteiger partial charge in [0.15, 0.2) is 0 Å². The minimum Gasteiger partial charge on any atom is -0.379 e. The number of anilines is 1. The van der Waals surface area contributed by atoms with Crippen LogP contribution >= 0.6 is 0 Å². The molecule has 3 amide bonds. The lowest BCUT2D eigenvalue weighted by atomic mass is 10.0. The Kier molecular flexibility index (Phi) is 7.08. The van der Waals surface area contributed by atoms with Gasteiger partial charge in [-0.3, -0.25) is 14.4 Å². The molecule has 1 N–H and O–H groups in total. The predicted molar refractivity (Wildman–Crippen MR) is 126 cm³/mol. The molecule has 1 fully saturated rings. The zero-order valence-electron chi connectivity index (χ0n) is 19.3. The van der Waals surface area contributed by atoms with Crippen molar-refractivity contribution in [2.75, 3.05) is 24.6 Å². The molecular weight excluding hydrogens is 418 g/mol. The first-order valence-corrected chi connectivity index (χ1v) is 11.7. The number of para-hydroxylation sites is 1. The highest BCUT2D eigenvalue weighted by Crippen LogP contribution is 2.33. The second-order valence-electron chi connectivity index (χ2n) is 8.78. The minimum atomic E-state index is -0.452. The number of hydrogen-bond acceptors (Lipinski definition) is 4. The van der Waals surface area contributed by atoms with Gasteiger partial charge in [0, 0.05) is 25.3 Å². The Bertz CT molecular complexity index is 1040. The van der Waals surface area contributed by atoms with Gasteiger partial charge in [0.05, 0.1) is 23.9 Å². The molecule has 1 atom stereocenters. The lowest BCUT2D eigenvalue weighted by molar-refractivity contribution is -0.122. The van der Waals surface area contributed by atoms with E-state index in [-0.39, 0.29) is 30.4 Å². The van der Waals surface area contributed by atoms with Crippen molar-refractivity contribution in [3.8, 4) is 0 Å². The normalized spacial score (nSPS) is 17.7. The van der Waals surface area contributed by atoms with E-state index in [0.717, 1.165) is 18.4 Å². The summed E-state index contributed by atoms with van der Waals surface area (Å²) >= 11 is 0. The molecule has 2 heterocycles. The van der Waals surface area contributed by atoms with Crippen molar-refractivity contribution < 1.29 is 19.1 Å². The third-order valence-electron chi connectivity index (χ3n) is 6.14. The lowest BCUT2D eigenvalue weighted by Crippen LogP contribution is -2.44. The van der Waals surface area contributed by atoms with Crippen LogP contribution in [0.4, 0.5) is 5.69 Å². The number of ether oxygens (including phenoxy) is 1. The van der Waals surface area contributed by atoms with Crippen molar-refractivity contribution >= 4 is 23.4 Å². The molecule has 2 aliphatic heterocycles. The molecule has 2 aliphatic rings. The predicted octanol–water partition coefficient (Wildman–Crippen LogP) is 3.38. The van der Waals surface area contributed by atoms with Gasteiger partial charge in [-0.05, 0) is 56.9 Å². The highest BCUT2D eigenvalue weighted by molar-refractivity contribution is 6.11. The van der Waals surface area contributed by atoms with E-state index in [1.54, 1.807) is 21.9 Å². The van der Waals surface area contributed by atoms with Crippen molar-refractivity contribution in [2.24, 2.45) is 0 Å². The molecule has 0 bridgehead atoms. The van der Waals surface area contributed by atoms with Gasteiger partial charge in [-0.2, -0.15) is 0 Å². The van der Waals surface area contributed by atoms with Crippen LogP contribution in [0.5, 0.6) is 0 Å². The van der Waals surface area contributed by atoms with E-state index < -0.39 is 6.04 Å². The summed E-state index contributed by atoms with van der Waals surface area (Å²) in [5, 5.41) is 2.95. The fourth-order valence-electron chi connectivity index (χ4n) is 4.51. The Labute approximate surface area is 194 Å². The molecule has 33 heavy (non-hydrogen) atoms. The van der Waals surface area contributed by atoms with Crippen LogP contribution in [0.1, 0.15) is 59.4 Å². The van der Waals surface area contributed by atoms with Gasteiger partial charge in [0.25, 0.3) is 11.8 Å². The topological polar surface area (TPSA) is 79.0 Å². The van der Waals surface area contributed by atoms with Crippen LogP contribution < -0.4 is 10.2 Å². The summed E-state index contributed by atoms with van der Waals surface area (Å²) in [6.45, 7) is 5.89. The van der Waals surface area contributed by atoms with E-state index in [9.17, 15) is 14.4 Å². The second-order valence-corrected chi connectivity index (χ2v) is 8.78. The van der Waals surface area contributed by atoms with Gasteiger partial charge in [-0.1, -0.05) is 30.3 Å². The molecule has 0 aromatic heterocycles. The van der Waals surface area contributed by atoms with Gasteiger partial charge in [-0.25, -0.2) is 0 Å². The van der Waals surface area contributed by atoms with Crippen LogP contribution in [0, 0.1) is 0 Å². The smallest absolute Gasteiger partial charge is 0.256 e. The van der Waals surface area contributed by atoms with E-state index in [1.165, 1.54) is 0 Å². The Morgan fingerprint density at radius 1 is 1.12 bits per heavy atom. The summed E-state index contributed by atoms with van der Waals surface area (Å²) in [6.07, 6.45) is 2.37. The molecule has 2 aromatic rings. The van der Waals surface area contributed by atoms with Crippen LogP contribution in [0.15, 0.2) is 48.5 Å². The fraction of sp³-hybridized carbons (Fsp3) is 0.423. The van der Waals surface area contributed by atoms with Crippen molar-refractivity contribution in [2.45, 2.75) is 51.8 Å². The third-order valence-corrected chi connectivity index (χ3v) is 6.14. The van der Waals surface area contributed by atoms with Gasteiger partial charge >= 0.3 is 0 Å². The van der Waals surface area contributed by atoms with E-state index >= 15 is 0 Å². The zero-order valence-corrected chi connectivity index (χ0v) is 19.3. The maximum Gasteiger partial charge on any atom is 0.256 e. The first-order chi connectivity index (χ1) is 16.0. The Morgan fingerprint density at radius 3 is 2.70 bits per heavy atom. The summed E-state index contributed by atoms with van der Waals surface area (Å²) in [5.74, 6) is -0.366. The van der Waals surface area contributed by atoms with Gasteiger partial charge in [0.2, 0.25) is 5.91 Å². The molecule has 7 nitrogen and oxygen atoms in total. The number of amides is 3. The van der Waals surface area contributed by atoms with Crippen molar-refractivity contribution in [1.82, 2.24) is 10.2 Å². The summed E-state index contributed by atoms with van der Waals surface area (Å²) in [7, 11) is 0. The Hall–Kier alpha value is -3.19. The highest BCUT2D eigenvalue weighted by Gasteiger charge is 2.42. The van der Waals surface area contributed by atoms with E-state index in [1.807, 2.05) is 50.2 Å². The SMILES string of the molecule is CC(C)OCCCNC(=O)c1ccccc1CN1C(=O)C2CCCN2C(=O)c2ccccc21. The van der Waals surface area contributed by atoms with Crippen LogP contribution in [-0.2, 0) is 16.1 Å². The van der Waals surface area contributed by atoms with Gasteiger partial charge in [0.1, 0.15) is 6.04 Å². The first kappa shape index (κ1) is 23.0. The number of carbonyl (C=O) groups excluding carboxylic acids is 3. The molecule has 7 heteroatoms. The summed E-state index contributed by atoms with van der Waals surface area (Å²) in [6, 6.07) is 14.1. The Morgan fingerprint density at radius 2 is 1.88 bits per heavy atom. The molecule has 4 rings (SSSR count). The molecule has 1 unspecified atom stereocenters. The van der Waals surface area contributed by atoms with E-state index in [0.29, 0.717) is 42.9 Å². The Balaban J connectivity index is 1.56. The third kappa shape index (κ3) is 4.93. The van der Waals surface area contributed by atoms with Gasteiger partial charge < -0.3 is 19.9 Å². The zero-order chi connectivity index (χ0) is 23.4. The van der Waals surface area contributed by atoms with Crippen LogP contribution in [-0.4, -0.2) is 54.5 Å². The van der Waals surface area contributed by atoms with Crippen molar-refractivity contribution in [3.05, 3.63) is 65.2 Å². The van der Waals surface area contributed by atoms with E-state index in [4.69, 9.17) is 4.74 Å². The van der Waals surface area contributed by atoms with Crippen molar-refractivity contribution in [3.63, 3.8) is 0 Å². The molecule has 174 valence electrons. The number of rotatable bonds is 8. The number of fused-ring (bicyclic) bond motifs is 2. The largest absolute Gasteiger partial charge is 0.379 e. The summed E-state index contributed by atoms with van der Waals surface area (Å²) in [5.41, 5.74) is 2.41. The lowest BCUT2D eigenvalue weighted by Gasteiger charge is -2.26. The van der Waals surface area contributed by atoms with Crippen molar-refractivity contribution in [1.29, 1.82) is 0 Å². The average molecular weight is 450 g/mol. The molecule has 0 aliphatic carbocycles. The first-order valence-electron chi connectivity index (χ1n) is 11.7. The minimum absolute atomic E-state index is 0.0909. The van der Waals surface area contributed by atoms with Gasteiger partial charge in [-0.15, -0.1) is 0 Å². The second kappa shape index (κ2) is 10.2. The fourth-order valence-corrected chi connectivity index (χ4v) is 4.51. The van der Waals surface area contributed by atoms with Crippen LogP contribution in [0.3, 0.4) is 0 Å². The maximum absolute atomic E-state index is 13.5. The summed E-state index contributed by atoms with van der Waals surface area (Å²) < 4.78 is 5.53. The number of hydrogen-bond donors (Lipinski definition) is 1.